The lowest BCUT2D eigenvalue weighted by atomic mass is 10.0. The molecule has 2 aliphatic rings. The minimum Gasteiger partial charge on any atom is -0.497 e. The second kappa shape index (κ2) is 8.15. The Morgan fingerprint density at radius 1 is 1.26 bits per heavy atom. The van der Waals surface area contributed by atoms with Crippen LogP contribution < -0.4 is 10.1 Å². The fourth-order valence-electron chi connectivity index (χ4n) is 3.50. The molecule has 2 aromatic rings. The van der Waals surface area contributed by atoms with E-state index in [2.05, 4.69) is 10.2 Å². The molecule has 6 heteroatoms. The smallest absolute Gasteiger partial charge is 0.255 e. The predicted octanol–water partition coefficient (Wildman–Crippen LogP) is 3.00. The third kappa shape index (κ3) is 4.51. The van der Waals surface area contributed by atoms with E-state index in [-0.39, 0.29) is 11.9 Å². The van der Waals surface area contributed by atoms with Gasteiger partial charge in [0.15, 0.2) is 0 Å². The number of benzene rings is 1. The van der Waals surface area contributed by atoms with E-state index in [1.165, 1.54) is 0 Å². The van der Waals surface area contributed by atoms with Crippen LogP contribution in [0.3, 0.4) is 0 Å². The van der Waals surface area contributed by atoms with Gasteiger partial charge in [-0.15, -0.1) is 0 Å². The van der Waals surface area contributed by atoms with Crippen LogP contribution in [0.15, 0.2) is 41.0 Å². The minimum atomic E-state index is -0.0836. The van der Waals surface area contributed by atoms with Gasteiger partial charge in [-0.2, -0.15) is 0 Å². The van der Waals surface area contributed by atoms with Crippen molar-refractivity contribution in [3.63, 3.8) is 0 Å². The first-order chi connectivity index (χ1) is 13.2. The fraction of sp³-hybridized carbons (Fsp3) is 0.476. The van der Waals surface area contributed by atoms with E-state index in [9.17, 15) is 4.79 Å². The number of hydrogen-bond acceptors (Lipinski definition) is 5. The van der Waals surface area contributed by atoms with Gasteiger partial charge in [0.2, 0.25) is 0 Å². The lowest BCUT2D eigenvalue weighted by Crippen LogP contribution is -2.35. The Labute approximate surface area is 159 Å². The highest BCUT2D eigenvalue weighted by Crippen LogP contribution is 2.41. The van der Waals surface area contributed by atoms with Gasteiger partial charge < -0.3 is 19.2 Å². The van der Waals surface area contributed by atoms with Gasteiger partial charge in [0, 0.05) is 13.1 Å². The zero-order valence-electron chi connectivity index (χ0n) is 15.6. The molecule has 0 radical (unpaired) electrons. The van der Waals surface area contributed by atoms with Crippen molar-refractivity contribution in [3.8, 4) is 5.75 Å². The highest BCUT2D eigenvalue weighted by atomic mass is 16.5. The van der Waals surface area contributed by atoms with Crippen molar-refractivity contribution in [2.75, 3.05) is 33.4 Å². The van der Waals surface area contributed by atoms with Gasteiger partial charge in [0.25, 0.3) is 5.91 Å². The van der Waals surface area contributed by atoms with Gasteiger partial charge in [-0.3, -0.25) is 9.69 Å². The molecule has 0 spiro atoms. The summed E-state index contributed by atoms with van der Waals surface area (Å²) in [6.07, 6.45) is 3.85. The monoisotopic (exact) mass is 370 g/mol. The molecule has 1 saturated heterocycles. The summed E-state index contributed by atoms with van der Waals surface area (Å²) < 4.78 is 16.2. The number of hydrogen-bond donors (Lipinski definition) is 1. The summed E-state index contributed by atoms with van der Waals surface area (Å²) in [6, 6.07) is 9.82. The molecule has 1 N–H and O–H groups in total. The van der Waals surface area contributed by atoms with Crippen molar-refractivity contribution < 1.29 is 18.7 Å². The molecule has 27 heavy (non-hydrogen) atoms. The summed E-state index contributed by atoms with van der Waals surface area (Å²) in [5, 5.41) is 3.19. The molecule has 1 aliphatic carbocycles. The average molecular weight is 370 g/mol. The zero-order chi connectivity index (χ0) is 18.6. The number of carbonyl (C=O) groups excluding carboxylic acids is 1. The normalized spacial score (nSPS) is 18.9. The van der Waals surface area contributed by atoms with E-state index in [4.69, 9.17) is 13.9 Å². The van der Waals surface area contributed by atoms with E-state index >= 15 is 0 Å². The molecule has 4 rings (SSSR count). The van der Waals surface area contributed by atoms with Gasteiger partial charge >= 0.3 is 0 Å². The van der Waals surface area contributed by atoms with Crippen LogP contribution in [-0.4, -0.2) is 44.2 Å². The third-order valence-corrected chi connectivity index (χ3v) is 5.25. The second-order valence-electron chi connectivity index (χ2n) is 7.25. The molecule has 1 saturated carbocycles. The highest BCUT2D eigenvalue weighted by molar-refractivity contribution is 5.94. The first-order valence-electron chi connectivity index (χ1n) is 9.55. The van der Waals surface area contributed by atoms with Crippen LogP contribution in [0.5, 0.6) is 5.75 Å². The van der Waals surface area contributed by atoms with Crippen molar-refractivity contribution in [2.45, 2.75) is 25.4 Å². The Bertz CT molecular complexity index is 761. The average Bonchev–Trinajstić information content (AvgIpc) is 3.45. The number of nitrogens with zero attached hydrogens (tertiary/aromatic N) is 1. The summed E-state index contributed by atoms with van der Waals surface area (Å²) in [6.45, 7) is 3.99. The number of morpholine rings is 1. The maximum atomic E-state index is 12.8. The first kappa shape index (κ1) is 18.1. The van der Waals surface area contributed by atoms with E-state index in [0.717, 1.165) is 56.2 Å². The maximum Gasteiger partial charge on any atom is 0.255 e. The maximum absolute atomic E-state index is 12.8. The molecule has 1 unspecified atom stereocenters. The van der Waals surface area contributed by atoms with Crippen LogP contribution in [0.4, 0.5) is 0 Å². The fourth-order valence-corrected chi connectivity index (χ4v) is 3.50. The quantitative estimate of drug-likeness (QED) is 0.812. The molecule has 1 amide bonds. The van der Waals surface area contributed by atoms with Crippen molar-refractivity contribution in [3.05, 3.63) is 53.5 Å². The Hall–Kier alpha value is -2.31. The largest absolute Gasteiger partial charge is 0.497 e. The highest BCUT2D eigenvalue weighted by Gasteiger charge is 2.33. The standard InChI is InChI=1S/C21H26N2O4/c1-25-18-6-4-16(5-7-18)20(15-2-3-15)22-21(24)17-12-19(27-14-17)13-23-8-10-26-11-9-23/h4-7,12,14-15,20H,2-3,8-11,13H2,1H3,(H,22,24). The lowest BCUT2D eigenvalue weighted by Gasteiger charge is -2.25. The van der Waals surface area contributed by atoms with Gasteiger partial charge in [-0.25, -0.2) is 0 Å². The number of amides is 1. The van der Waals surface area contributed by atoms with Crippen LogP contribution in [0, 0.1) is 5.92 Å². The van der Waals surface area contributed by atoms with Crippen LogP contribution in [-0.2, 0) is 11.3 Å². The molecule has 6 nitrogen and oxygen atoms in total. The lowest BCUT2D eigenvalue weighted by molar-refractivity contribution is 0.0313. The zero-order valence-corrected chi connectivity index (χ0v) is 15.6. The van der Waals surface area contributed by atoms with Crippen LogP contribution in [0.25, 0.3) is 0 Å². The molecule has 144 valence electrons. The number of furan rings is 1. The van der Waals surface area contributed by atoms with Crippen LogP contribution >= 0.6 is 0 Å². The topological polar surface area (TPSA) is 63.9 Å². The molecule has 0 bridgehead atoms. The summed E-state index contributed by atoms with van der Waals surface area (Å²) in [7, 11) is 1.66. The van der Waals surface area contributed by atoms with E-state index in [1.54, 1.807) is 13.4 Å². The summed E-state index contributed by atoms with van der Waals surface area (Å²) in [4.78, 5) is 15.0. The second-order valence-corrected chi connectivity index (χ2v) is 7.25. The van der Waals surface area contributed by atoms with Crippen LogP contribution in [0.1, 0.15) is 40.6 Å². The van der Waals surface area contributed by atoms with Crippen molar-refractivity contribution >= 4 is 5.91 Å². The molecule has 2 fully saturated rings. The summed E-state index contributed by atoms with van der Waals surface area (Å²) in [5.74, 6) is 2.05. The predicted molar refractivity (Wildman–Crippen MR) is 101 cm³/mol. The summed E-state index contributed by atoms with van der Waals surface area (Å²) >= 11 is 0. The summed E-state index contributed by atoms with van der Waals surface area (Å²) in [5.41, 5.74) is 1.70. The number of methoxy groups -OCH3 is 1. The van der Waals surface area contributed by atoms with Gasteiger partial charge in [-0.05, 0) is 42.5 Å². The van der Waals surface area contributed by atoms with Crippen molar-refractivity contribution in [1.82, 2.24) is 10.2 Å². The molecule has 1 atom stereocenters. The third-order valence-electron chi connectivity index (χ3n) is 5.25. The SMILES string of the molecule is COc1ccc(C(NC(=O)c2coc(CN3CCOCC3)c2)C2CC2)cc1. The molecular weight excluding hydrogens is 344 g/mol. The Kier molecular flexibility index (Phi) is 5.45. The molecule has 1 aromatic heterocycles. The number of ether oxygens (including phenoxy) is 2. The van der Waals surface area contributed by atoms with Crippen LogP contribution in [0.2, 0.25) is 0 Å². The van der Waals surface area contributed by atoms with Gasteiger partial charge in [-0.1, -0.05) is 12.1 Å². The molecule has 1 aromatic carbocycles. The first-order valence-corrected chi connectivity index (χ1v) is 9.55. The van der Waals surface area contributed by atoms with Crippen molar-refractivity contribution in [2.24, 2.45) is 5.92 Å². The Balaban J connectivity index is 1.40. The van der Waals surface area contributed by atoms with E-state index in [0.29, 0.717) is 18.0 Å². The Morgan fingerprint density at radius 2 is 2.00 bits per heavy atom. The van der Waals surface area contributed by atoms with E-state index < -0.39 is 0 Å². The minimum absolute atomic E-state index is 0.0287. The van der Waals surface area contributed by atoms with E-state index in [1.807, 2.05) is 30.3 Å². The van der Waals surface area contributed by atoms with Gasteiger partial charge in [0.05, 0.1) is 38.5 Å². The molecular formula is C21H26N2O4. The number of rotatable bonds is 7. The number of carbonyl (C=O) groups is 1. The molecule has 1 aliphatic heterocycles. The number of nitrogens with one attached hydrogen (secondary N) is 1. The molecule has 2 heterocycles. The van der Waals surface area contributed by atoms with Gasteiger partial charge in [0.1, 0.15) is 17.8 Å². The van der Waals surface area contributed by atoms with Crippen molar-refractivity contribution in [1.29, 1.82) is 0 Å². The Morgan fingerprint density at radius 3 is 2.67 bits per heavy atom.